The van der Waals surface area contributed by atoms with E-state index < -0.39 is 10.0 Å². The van der Waals surface area contributed by atoms with Crippen LogP contribution in [0.1, 0.15) is 25.2 Å². The molecule has 0 bridgehead atoms. The van der Waals surface area contributed by atoms with Crippen molar-refractivity contribution in [1.29, 1.82) is 0 Å². The van der Waals surface area contributed by atoms with E-state index in [1.807, 2.05) is 13.8 Å². The van der Waals surface area contributed by atoms with E-state index in [0.29, 0.717) is 16.7 Å². The summed E-state index contributed by atoms with van der Waals surface area (Å²) >= 11 is 3.34. The largest absolute Gasteiger partial charge is 0.271 e. The molecule has 1 rings (SSSR count). The molecule has 0 aliphatic heterocycles. The minimum absolute atomic E-state index is 0.131. The van der Waals surface area contributed by atoms with Crippen molar-refractivity contribution in [2.75, 3.05) is 5.33 Å². The molecule has 0 saturated heterocycles. The van der Waals surface area contributed by atoms with Crippen molar-refractivity contribution >= 4 is 26.0 Å². The topological polar surface area (TPSA) is 64.0 Å². The lowest BCUT2D eigenvalue weighted by Gasteiger charge is -2.19. The molecule has 0 amide bonds. The highest BCUT2D eigenvalue weighted by Crippen LogP contribution is 2.20. The average molecular weight is 338 g/mol. The van der Waals surface area contributed by atoms with Gasteiger partial charge in [0.1, 0.15) is 4.90 Å². The number of nitrogens with zero attached hydrogens (tertiary/aromatic N) is 2. The SMILES string of the molecule is Cc1nn(C)c(C)c1S(=O)(=O)NC(CBr)C(C)C. The summed E-state index contributed by atoms with van der Waals surface area (Å²) in [6.07, 6.45) is 0. The standard InChI is InChI=1S/C11H20BrN3O2S/c1-7(2)10(6-12)14-18(16,17)11-8(3)13-15(5)9(11)4/h7,10,14H,6H2,1-5H3. The monoisotopic (exact) mass is 337 g/mol. The third-order valence-corrected chi connectivity index (χ3v) is 5.43. The third-order valence-electron chi connectivity index (χ3n) is 2.99. The molecular weight excluding hydrogens is 318 g/mol. The summed E-state index contributed by atoms with van der Waals surface area (Å²) in [5, 5.41) is 4.73. The van der Waals surface area contributed by atoms with Crippen LogP contribution in [-0.4, -0.2) is 29.6 Å². The molecule has 0 fully saturated rings. The van der Waals surface area contributed by atoms with E-state index in [1.54, 1.807) is 25.6 Å². The Labute approximate surface area is 117 Å². The number of aryl methyl sites for hydroxylation is 2. The molecule has 7 heteroatoms. The molecule has 1 heterocycles. The van der Waals surface area contributed by atoms with Crippen molar-refractivity contribution in [2.24, 2.45) is 13.0 Å². The van der Waals surface area contributed by atoms with Crippen molar-refractivity contribution in [3.8, 4) is 0 Å². The van der Waals surface area contributed by atoms with Gasteiger partial charge in [-0.2, -0.15) is 5.10 Å². The first-order valence-electron chi connectivity index (χ1n) is 5.79. The summed E-state index contributed by atoms with van der Waals surface area (Å²) in [5.41, 5.74) is 1.18. The van der Waals surface area contributed by atoms with Gasteiger partial charge in [-0.05, 0) is 19.8 Å². The molecule has 0 aliphatic rings. The van der Waals surface area contributed by atoms with Gasteiger partial charge >= 0.3 is 0 Å². The van der Waals surface area contributed by atoms with Crippen LogP contribution in [0.25, 0.3) is 0 Å². The Kier molecular flexibility index (Phi) is 4.97. The Morgan fingerprint density at radius 2 is 1.94 bits per heavy atom. The van der Waals surface area contributed by atoms with E-state index >= 15 is 0 Å². The first-order chi connectivity index (χ1) is 8.20. The Morgan fingerprint density at radius 3 is 2.28 bits per heavy atom. The van der Waals surface area contributed by atoms with Gasteiger partial charge in [0.2, 0.25) is 10.0 Å². The fraction of sp³-hybridized carbons (Fsp3) is 0.727. The molecule has 18 heavy (non-hydrogen) atoms. The molecule has 5 nitrogen and oxygen atoms in total. The average Bonchev–Trinajstić information content (AvgIpc) is 2.49. The molecule has 0 aromatic carbocycles. The molecule has 1 N–H and O–H groups in total. The van der Waals surface area contributed by atoms with E-state index in [1.165, 1.54) is 0 Å². The first kappa shape index (κ1) is 15.7. The molecule has 0 saturated carbocycles. The number of hydrogen-bond acceptors (Lipinski definition) is 3. The summed E-state index contributed by atoms with van der Waals surface area (Å²) in [6.45, 7) is 7.43. The summed E-state index contributed by atoms with van der Waals surface area (Å²) < 4.78 is 29.1. The highest BCUT2D eigenvalue weighted by atomic mass is 79.9. The van der Waals surface area contributed by atoms with Crippen LogP contribution < -0.4 is 4.72 Å². The van der Waals surface area contributed by atoms with Crippen LogP contribution in [0.15, 0.2) is 4.90 Å². The predicted octanol–water partition coefficient (Wildman–Crippen LogP) is 1.73. The number of nitrogens with one attached hydrogen (secondary N) is 1. The summed E-state index contributed by atoms with van der Waals surface area (Å²) in [5.74, 6) is 0.219. The van der Waals surface area contributed by atoms with Gasteiger partial charge in [-0.3, -0.25) is 4.68 Å². The van der Waals surface area contributed by atoms with E-state index in [9.17, 15) is 8.42 Å². The zero-order chi connectivity index (χ0) is 14.1. The van der Waals surface area contributed by atoms with E-state index in [4.69, 9.17) is 0 Å². The van der Waals surface area contributed by atoms with Crippen LogP contribution in [0.2, 0.25) is 0 Å². The number of alkyl halides is 1. The van der Waals surface area contributed by atoms with Crippen molar-refractivity contribution in [2.45, 2.75) is 38.6 Å². The third kappa shape index (κ3) is 3.13. The Morgan fingerprint density at radius 1 is 1.39 bits per heavy atom. The highest BCUT2D eigenvalue weighted by molar-refractivity contribution is 9.09. The van der Waals surface area contributed by atoms with Crippen LogP contribution in [-0.2, 0) is 17.1 Å². The second-order valence-corrected chi connectivity index (χ2v) is 7.05. The lowest BCUT2D eigenvalue weighted by molar-refractivity contribution is 0.483. The Balaban J connectivity index is 3.14. The fourth-order valence-electron chi connectivity index (χ4n) is 1.75. The lowest BCUT2D eigenvalue weighted by Crippen LogP contribution is -2.40. The number of halogens is 1. The lowest BCUT2D eigenvalue weighted by atomic mass is 10.1. The van der Waals surface area contributed by atoms with Crippen molar-refractivity contribution in [3.63, 3.8) is 0 Å². The van der Waals surface area contributed by atoms with Gasteiger partial charge in [-0.1, -0.05) is 29.8 Å². The van der Waals surface area contributed by atoms with Gasteiger partial charge < -0.3 is 0 Å². The van der Waals surface area contributed by atoms with Gasteiger partial charge in [0.25, 0.3) is 0 Å². The number of aromatic nitrogens is 2. The maximum absolute atomic E-state index is 12.4. The van der Waals surface area contributed by atoms with Crippen LogP contribution in [0.3, 0.4) is 0 Å². The quantitative estimate of drug-likeness (QED) is 0.832. The number of rotatable bonds is 5. The van der Waals surface area contributed by atoms with E-state index in [-0.39, 0.29) is 16.9 Å². The van der Waals surface area contributed by atoms with Crippen LogP contribution in [0.5, 0.6) is 0 Å². The molecule has 1 aromatic rings. The number of hydrogen-bond donors (Lipinski definition) is 1. The second kappa shape index (κ2) is 5.71. The van der Waals surface area contributed by atoms with Crippen molar-refractivity contribution in [1.82, 2.24) is 14.5 Å². The molecule has 0 radical (unpaired) electrons. The molecule has 1 aromatic heterocycles. The Hall–Kier alpha value is -0.400. The van der Waals surface area contributed by atoms with Crippen molar-refractivity contribution < 1.29 is 8.42 Å². The summed E-state index contributed by atoms with van der Waals surface area (Å²) in [7, 11) is -1.78. The zero-order valence-electron chi connectivity index (χ0n) is 11.4. The molecular formula is C11H20BrN3O2S. The minimum Gasteiger partial charge on any atom is -0.271 e. The van der Waals surface area contributed by atoms with Gasteiger partial charge in [0.15, 0.2) is 0 Å². The van der Waals surface area contributed by atoms with Gasteiger partial charge in [-0.25, -0.2) is 13.1 Å². The maximum Gasteiger partial charge on any atom is 0.244 e. The second-order valence-electron chi connectivity index (χ2n) is 4.75. The van der Waals surface area contributed by atoms with Gasteiger partial charge in [0.05, 0.1) is 11.4 Å². The molecule has 1 atom stereocenters. The summed E-state index contributed by atoms with van der Waals surface area (Å²) in [4.78, 5) is 0.289. The molecule has 0 aliphatic carbocycles. The minimum atomic E-state index is -3.52. The molecule has 0 spiro atoms. The van der Waals surface area contributed by atoms with Crippen LogP contribution >= 0.6 is 15.9 Å². The summed E-state index contributed by atoms with van der Waals surface area (Å²) in [6, 6.07) is -0.131. The molecule has 104 valence electrons. The highest BCUT2D eigenvalue weighted by Gasteiger charge is 2.27. The van der Waals surface area contributed by atoms with Gasteiger partial charge in [0, 0.05) is 18.4 Å². The van der Waals surface area contributed by atoms with E-state index in [0.717, 1.165) is 0 Å². The smallest absolute Gasteiger partial charge is 0.244 e. The van der Waals surface area contributed by atoms with E-state index in [2.05, 4.69) is 25.8 Å². The Bertz CT molecular complexity index is 523. The first-order valence-corrected chi connectivity index (χ1v) is 8.39. The van der Waals surface area contributed by atoms with Gasteiger partial charge in [-0.15, -0.1) is 0 Å². The predicted molar refractivity (Wildman–Crippen MR) is 75.4 cm³/mol. The normalized spacial score (nSPS) is 14.2. The van der Waals surface area contributed by atoms with Crippen molar-refractivity contribution in [3.05, 3.63) is 11.4 Å². The molecule has 1 unspecified atom stereocenters. The zero-order valence-corrected chi connectivity index (χ0v) is 13.8. The van der Waals surface area contributed by atoms with Crippen LogP contribution in [0.4, 0.5) is 0 Å². The fourth-order valence-corrected chi connectivity index (χ4v) is 4.69. The van der Waals surface area contributed by atoms with Crippen LogP contribution in [0, 0.1) is 19.8 Å². The maximum atomic E-state index is 12.4. The number of sulfonamides is 1.